The van der Waals surface area contributed by atoms with Gasteiger partial charge in [0.2, 0.25) is 0 Å². The lowest BCUT2D eigenvalue weighted by Gasteiger charge is -2.17. The van der Waals surface area contributed by atoms with Crippen molar-refractivity contribution in [2.24, 2.45) is 5.16 Å². The van der Waals surface area contributed by atoms with Crippen LogP contribution in [0.1, 0.15) is 37.6 Å². The van der Waals surface area contributed by atoms with Gasteiger partial charge in [0.15, 0.2) is 0 Å². The number of aromatic amines is 1. The van der Waals surface area contributed by atoms with Gasteiger partial charge in [-0.15, -0.1) is 0 Å². The molecule has 1 aromatic carbocycles. The van der Waals surface area contributed by atoms with Crippen LogP contribution >= 0.6 is 0 Å². The number of H-pyrrole nitrogens is 1. The fourth-order valence-electron chi connectivity index (χ4n) is 2.53. The SMILES string of the molecule is CON=C1c2ccccc2-c2n[nH]c(C(C)(C)C)c21. The molecular formula is C15H17N3O. The summed E-state index contributed by atoms with van der Waals surface area (Å²) in [4.78, 5) is 5.02. The van der Waals surface area contributed by atoms with Crippen molar-refractivity contribution < 1.29 is 4.84 Å². The predicted octanol–water partition coefficient (Wildman–Crippen LogP) is 3.09. The van der Waals surface area contributed by atoms with Crippen LogP contribution < -0.4 is 0 Å². The van der Waals surface area contributed by atoms with E-state index in [0.717, 1.165) is 33.8 Å². The number of nitrogens with zero attached hydrogens (tertiary/aromatic N) is 2. The number of aromatic nitrogens is 2. The number of benzene rings is 1. The molecular weight excluding hydrogens is 238 g/mol. The molecule has 0 bridgehead atoms. The minimum Gasteiger partial charge on any atom is -0.399 e. The van der Waals surface area contributed by atoms with E-state index in [4.69, 9.17) is 4.84 Å². The third-order valence-electron chi connectivity index (χ3n) is 3.37. The zero-order valence-electron chi connectivity index (χ0n) is 11.6. The molecule has 0 saturated carbocycles. The van der Waals surface area contributed by atoms with E-state index in [-0.39, 0.29) is 5.41 Å². The van der Waals surface area contributed by atoms with Gasteiger partial charge in [0, 0.05) is 16.5 Å². The Bertz CT molecular complexity index is 662. The van der Waals surface area contributed by atoms with Crippen molar-refractivity contribution >= 4 is 5.71 Å². The van der Waals surface area contributed by atoms with Gasteiger partial charge in [0.1, 0.15) is 18.5 Å². The Kier molecular flexibility index (Phi) is 2.49. The fraction of sp³-hybridized carbons (Fsp3) is 0.333. The van der Waals surface area contributed by atoms with Crippen molar-refractivity contribution in [1.82, 2.24) is 10.2 Å². The molecule has 98 valence electrons. The molecule has 3 rings (SSSR count). The quantitative estimate of drug-likeness (QED) is 0.679. The molecule has 1 N–H and O–H groups in total. The first-order valence-corrected chi connectivity index (χ1v) is 6.34. The van der Waals surface area contributed by atoms with Crippen molar-refractivity contribution in [2.45, 2.75) is 26.2 Å². The maximum Gasteiger partial charge on any atom is 0.122 e. The second-order valence-electron chi connectivity index (χ2n) is 5.74. The summed E-state index contributed by atoms with van der Waals surface area (Å²) >= 11 is 0. The average molecular weight is 255 g/mol. The van der Waals surface area contributed by atoms with E-state index in [2.05, 4.69) is 48.3 Å². The maximum atomic E-state index is 5.02. The highest BCUT2D eigenvalue weighted by Gasteiger charge is 2.34. The molecule has 0 spiro atoms. The molecule has 0 amide bonds. The second-order valence-corrected chi connectivity index (χ2v) is 5.74. The Labute approximate surface area is 112 Å². The lowest BCUT2D eigenvalue weighted by Crippen LogP contribution is -2.16. The van der Waals surface area contributed by atoms with E-state index in [1.165, 1.54) is 0 Å². The van der Waals surface area contributed by atoms with Gasteiger partial charge in [-0.25, -0.2) is 0 Å². The zero-order chi connectivity index (χ0) is 13.6. The summed E-state index contributed by atoms with van der Waals surface area (Å²) in [5.74, 6) is 0. The Balaban J connectivity index is 2.31. The van der Waals surface area contributed by atoms with Crippen molar-refractivity contribution in [3.05, 3.63) is 41.1 Å². The topological polar surface area (TPSA) is 50.3 Å². The van der Waals surface area contributed by atoms with E-state index >= 15 is 0 Å². The van der Waals surface area contributed by atoms with Gasteiger partial charge in [-0.05, 0) is 0 Å². The number of nitrogens with one attached hydrogen (secondary N) is 1. The van der Waals surface area contributed by atoms with Gasteiger partial charge in [-0.1, -0.05) is 50.2 Å². The largest absolute Gasteiger partial charge is 0.399 e. The van der Waals surface area contributed by atoms with Crippen molar-refractivity contribution in [2.75, 3.05) is 7.11 Å². The minimum absolute atomic E-state index is 0.0167. The molecule has 0 aliphatic heterocycles. The van der Waals surface area contributed by atoms with Gasteiger partial charge >= 0.3 is 0 Å². The van der Waals surface area contributed by atoms with Crippen molar-refractivity contribution in [1.29, 1.82) is 0 Å². The second kappa shape index (κ2) is 3.95. The zero-order valence-corrected chi connectivity index (χ0v) is 11.6. The summed E-state index contributed by atoms with van der Waals surface area (Å²) in [7, 11) is 1.57. The van der Waals surface area contributed by atoms with Gasteiger partial charge in [-0.3, -0.25) is 5.10 Å². The fourth-order valence-corrected chi connectivity index (χ4v) is 2.53. The molecule has 4 heteroatoms. The van der Waals surface area contributed by atoms with Gasteiger partial charge in [0.05, 0.1) is 11.3 Å². The van der Waals surface area contributed by atoms with E-state index in [9.17, 15) is 0 Å². The van der Waals surface area contributed by atoms with E-state index in [1.54, 1.807) is 7.11 Å². The molecule has 1 aliphatic carbocycles. The van der Waals surface area contributed by atoms with Crippen LogP contribution in [-0.4, -0.2) is 23.0 Å². The van der Waals surface area contributed by atoms with Crippen LogP contribution in [0.2, 0.25) is 0 Å². The number of oxime groups is 1. The third kappa shape index (κ3) is 1.67. The molecule has 1 aliphatic rings. The number of hydrogen-bond acceptors (Lipinski definition) is 3. The highest BCUT2D eigenvalue weighted by Crippen LogP contribution is 2.40. The summed E-state index contributed by atoms with van der Waals surface area (Å²) in [6.45, 7) is 6.48. The molecule has 0 radical (unpaired) electrons. The van der Waals surface area contributed by atoms with Crippen LogP contribution in [0.15, 0.2) is 29.4 Å². The van der Waals surface area contributed by atoms with Crippen LogP contribution in [-0.2, 0) is 10.3 Å². The average Bonchev–Trinajstić information content (AvgIpc) is 2.90. The first-order valence-electron chi connectivity index (χ1n) is 6.34. The number of fused-ring (bicyclic) bond motifs is 3. The smallest absolute Gasteiger partial charge is 0.122 e. The van der Waals surface area contributed by atoms with Crippen LogP contribution in [0.25, 0.3) is 11.3 Å². The van der Waals surface area contributed by atoms with E-state index < -0.39 is 0 Å². The molecule has 0 saturated heterocycles. The van der Waals surface area contributed by atoms with Crippen LogP contribution in [0.3, 0.4) is 0 Å². The molecule has 0 unspecified atom stereocenters. The molecule has 2 aromatic rings. The first kappa shape index (κ1) is 12.0. The standard InChI is InChI=1S/C15H17N3O/c1-15(2,3)14-11-12(16-17-14)9-7-5-6-8-10(9)13(11)18-19-4/h5-8H,1-4H3,(H,16,17). The van der Waals surface area contributed by atoms with Gasteiger partial charge < -0.3 is 4.84 Å². The van der Waals surface area contributed by atoms with Crippen LogP contribution in [0, 0.1) is 0 Å². The van der Waals surface area contributed by atoms with Crippen LogP contribution in [0.5, 0.6) is 0 Å². The summed E-state index contributed by atoms with van der Waals surface area (Å²) < 4.78 is 0. The van der Waals surface area contributed by atoms with Crippen molar-refractivity contribution in [3.63, 3.8) is 0 Å². The molecule has 4 nitrogen and oxygen atoms in total. The minimum atomic E-state index is -0.0167. The third-order valence-corrected chi connectivity index (χ3v) is 3.37. The van der Waals surface area contributed by atoms with E-state index in [1.807, 2.05) is 12.1 Å². The van der Waals surface area contributed by atoms with Gasteiger partial charge in [0.25, 0.3) is 0 Å². The highest BCUT2D eigenvalue weighted by atomic mass is 16.6. The van der Waals surface area contributed by atoms with Crippen LogP contribution in [0.4, 0.5) is 0 Å². The lowest BCUT2D eigenvalue weighted by molar-refractivity contribution is 0.214. The maximum absolute atomic E-state index is 5.02. The van der Waals surface area contributed by atoms with E-state index in [0.29, 0.717) is 0 Å². The summed E-state index contributed by atoms with van der Waals surface area (Å²) in [5, 5.41) is 11.8. The Morgan fingerprint density at radius 3 is 2.47 bits per heavy atom. The Morgan fingerprint density at radius 2 is 1.84 bits per heavy atom. The lowest BCUT2D eigenvalue weighted by atomic mass is 9.88. The molecule has 0 atom stereocenters. The summed E-state index contributed by atoms with van der Waals surface area (Å²) in [5.41, 5.74) is 6.17. The number of rotatable bonds is 1. The molecule has 1 heterocycles. The summed E-state index contributed by atoms with van der Waals surface area (Å²) in [6, 6.07) is 8.15. The molecule has 0 fully saturated rings. The highest BCUT2D eigenvalue weighted by molar-refractivity contribution is 6.24. The predicted molar refractivity (Wildman–Crippen MR) is 75.4 cm³/mol. The molecule has 1 aromatic heterocycles. The first-order chi connectivity index (χ1) is 9.04. The van der Waals surface area contributed by atoms with Crippen molar-refractivity contribution in [3.8, 4) is 11.3 Å². The Morgan fingerprint density at radius 1 is 1.16 bits per heavy atom. The van der Waals surface area contributed by atoms with Gasteiger partial charge in [-0.2, -0.15) is 5.10 Å². The normalized spacial score (nSPS) is 15.5. The Hall–Kier alpha value is -2.10. The molecule has 19 heavy (non-hydrogen) atoms. The number of hydrogen-bond donors (Lipinski definition) is 1. The summed E-state index contributed by atoms with van der Waals surface area (Å²) in [6.07, 6.45) is 0. The monoisotopic (exact) mass is 255 g/mol.